The van der Waals surface area contributed by atoms with Crippen molar-refractivity contribution in [2.75, 3.05) is 7.11 Å². The van der Waals surface area contributed by atoms with Crippen molar-refractivity contribution in [2.24, 2.45) is 11.5 Å². The van der Waals surface area contributed by atoms with E-state index in [1.54, 1.807) is 45.0 Å². The number of sulfone groups is 1. The lowest BCUT2D eigenvalue weighted by atomic mass is 9.93. The van der Waals surface area contributed by atoms with Gasteiger partial charge < -0.3 is 16.2 Å². The first kappa shape index (κ1) is 19.4. The van der Waals surface area contributed by atoms with Gasteiger partial charge in [0.05, 0.1) is 23.5 Å². The summed E-state index contributed by atoms with van der Waals surface area (Å²) in [5, 5.41) is 0. The van der Waals surface area contributed by atoms with E-state index in [4.69, 9.17) is 16.2 Å². The third-order valence-corrected chi connectivity index (χ3v) is 7.20. The van der Waals surface area contributed by atoms with Crippen LogP contribution in [0, 0.1) is 0 Å². The van der Waals surface area contributed by atoms with Crippen LogP contribution < -0.4 is 16.2 Å². The molecule has 1 aromatic rings. The molecule has 0 spiro atoms. The molecule has 0 aliphatic heterocycles. The number of para-hydroxylation sites is 1. The normalized spacial score (nSPS) is 23.9. The molecule has 0 fully saturated rings. The molecule has 2 atom stereocenters. The molecule has 2 unspecified atom stereocenters. The molecule has 2 rings (SSSR count). The molecular weight excluding hydrogens is 340 g/mol. The Morgan fingerprint density at radius 2 is 1.84 bits per heavy atom. The second-order valence-corrected chi connectivity index (χ2v) is 9.92. The fraction of sp³-hybridized carbons (Fsp3) is 0.389. The topological polar surface area (TPSA) is 112 Å². The molecule has 6 nitrogen and oxygen atoms in total. The van der Waals surface area contributed by atoms with E-state index in [0.717, 1.165) is 0 Å². The predicted octanol–water partition coefficient (Wildman–Crippen LogP) is 1.57. The molecule has 0 saturated carbocycles. The van der Waals surface area contributed by atoms with Crippen molar-refractivity contribution in [2.45, 2.75) is 36.4 Å². The largest absolute Gasteiger partial charge is 0.496 e. The van der Waals surface area contributed by atoms with Gasteiger partial charge >= 0.3 is 0 Å². The minimum atomic E-state index is -3.87. The number of hydrogen-bond acceptors (Lipinski definition) is 6. The Labute approximate surface area is 148 Å². The van der Waals surface area contributed by atoms with E-state index in [0.29, 0.717) is 11.3 Å². The summed E-state index contributed by atoms with van der Waals surface area (Å²) >= 11 is 0. The standard InChI is InChI=1S/C18H24N2O4S/c1-17(2,3)25(22,23)18(20)11-12(9-10-15(18)19)16(21)13-7-5-6-8-14(13)24-4/h5-11,15H,19-20H2,1-4H3. The zero-order chi connectivity index (χ0) is 19.0. The van der Waals surface area contributed by atoms with E-state index in [-0.39, 0.29) is 11.4 Å². The zero-order valence-electron chi connectivity index (χ0n) is 14.8. The molecule has 25 heavy (non-hydrogen) atoms. The monoisotopic (exact) mass is 364 g/mol. The summed E-state index contributed by atoms with van der Waals surface area (Å²) in [5.41, 5.74) is 12.7. The van der Waals surface area contributed by atoms with Crippen molar-refractivity contribution in [1.29, 1.82) is 0 Å². The van der Waals surface area contributed by atoms with Crippen molar-refractivity contribution >= 4 is 15.6 Å². The Bertz CT molecular complexity index is 850. The molecule has 1 aromatic carbocycles. The number of hydrogen-bond donors (Lipinski definition) is 2. The smallest absolute Gasteiger partial charge is 0.196 e. The van der Waals surface area contributed by atoms with Gasteiger partial charge in [0.1, 0.15) is 5.75 Å². The molecule has 0 aromatic heterocycles. The van der Waals surface area contributed by atoms with Crippen LogP contribution in [0.1, 0.15) is 31.1 Å². The maximum Gasteiger partial charge on any atom is 0.196 e. The molecule has 7 heteroatoms. The van der Waals surface area contributed by atoms with E-state index < -0.39 is 25.5 Å². The van der Waals surface area contributed by atoms with Gasteiger partial charge in [-0.25, -0.2) is 8.42 Å². The maximum atomic E-state index is 12.9. The van der Waals surface area contributed by atoms with Crippen molar-refractivity contribution in [3.05, 3.63) is 53.6 Å². The number of ether oxygens (including phenoxy) is 1. The van der Waals surface area contributed by atoms with Gasteiger partial charge in [0.15, 0.2) is 20.5 Å². The predicted molar refractivity (Wildman–Crippen MR) is 98.1 cm³/mol. The molecule has 0 bridgehead atoms. The van der Waals surface area contributed by atoms with Crippen molar-refractivity contribution < 1.29 is 17.9 Å². The number of nitrogens with two attached hydrogens (primary N) is 2. The number of benzene rings is 1. The fourth-order valence-corrected chi connectivity index (χ4v) is 4.44. The van der Waals surface area contributed by atoms with E-state index in [1.165, 1.54) is 25.3 Å². The van der Waals surface area contributed by atoms with E-state index in [1.807, 2.05) is 0 Å². The first-order valence-corrected chi connectivity index (χ1v) is 9.31. The van der Waals surface area contributed by atoms with E-state index in [9.17, 15) is 13.2 Å². The second-order valence-electron chi connectivity index (χ2n) is 6.98. The molecule has 1 aliphatic rings. The van der Waals surface area contributed by atoms with Crippen LogP contribution in [0.25, 0.3) is 0 Å². The number of rotatable bonds is 4. The third kappa shape index (κ3) is 3.15. The summed E-state index contributed by atoms with van der Waals surface area (Å²) in [7, 11) is -2.41. The van der Waals surface area contributed by atoms with Gasteiger partial charge in [-0.1, -0.05) is 24.3 Å². The Morgan fingerprint density at radius 3 is 2.40 bits per heavy atom. The van der Waals surface area contributed by atoms with Crippen LogP contribution in [0.3, 0.4) is 0 Å². The van der Waals surface area contributed by atoms with Gasteiger partial charge in [-0.05, 0) is 39.0 Å². The van der Waals surface area contributed by atoms with Crippen LogP contribution in [-0.4, -0.2) is 37.0 Å². The van der Waals surface area contributed by atoms with Crippen molar-refractivity contribution in [3.8, 4) is 5.75 Å². The number of Topliss-reactive ketones (excluding diaryl/α,β-unsaturated/α-hetero) is 1. The highest BCUT2D eigenvalue weighted by atomic mass is 32.2. The summed E-state index contributed by atoms with van der Waals surface area (Å²) in [6.45, 7) is 4.66. The average Bonchev–Trinajstić information content (AvgIpc) is 2.55. The van der Waals surface area contributed by atoms with E-state index >= 15 is 0 Å². The molecule has 4 N–H and O–H groups in total. The highest BCUT2D eigenvalue weighted by Crippen LogP contribution is 2.34. The molecular formula is C18H24N2O4S. The van der Waals surface area contributed by atoms with Gasteiger partial charge in [0, 0.05) is 5.57 Å². The molecule has 0 radical (unpaired) electrons. The summed E-state index contributed by atoms with van der Waals surface area (Å²) in [6.07, 6.45) is 4.21. The number of carbonyl (C=O) groups excluding carboxylic acids is 1. The van der Waals surface area contributed by atoms with Crippen LogP contribution in [0.4, 0.5) is 0 Å². The molecule has 0 amide bonds. The van der Waals surface area contributed by atoms with Crippen LogP contribution in [-0.2, 0) is 9.84 Å². The summed E-state index contributed by atoms with van der Waals surface area (Å²) in [6, 6.07) is 5.77. The van der Waals surface area contributed by atoms with Crippen molar-refractivity contribution in [1.82, 2.24) is 0 Å². The number of allylic oxidation sites excluding steroid dienone is 2. The van der Waals surface area contributed by atoms with Gasteiger partial charge in [0.25, 0.3) is 0 Å². The van der Waals surface area contributed by atoms with Crippen LogP contribution in [0.5, 0.6) is 5.75 Å². The first-order chi connectivity index (χ1) is 11.5. The first-order valence-electron chi connectivity index (χ1n) is 7.83. The van der Waals surface area contributed by atoms with Gasteiger partial charge in [-0.15, -0.1) is 0 Å². The minimum absolute atomic E-state index is 0.168. The van der Waals surface area contributed by atoms with Crippen LogP contribution >= 0.6 is 0 Å². The maximum absolute atomic E-state index is 12.9. The summed E-state index contributed by atoms with van der Waals surface area (Å²) in [5.74, 6) is 0.0255. The third-order valence-electron chi connectivity index (χ3n) is 4.27. The Kier molecular flexibility index (Phi) is 4.96. The number of carbonyl (C=O) groups is 1. The quantitative estimate of drug-likeness (QED) is 0.784. The summed E-state index contributed by atoms with van der Waals surface area (Å²) < 4.78 is 30.0. The molecule has 0 saturated heterocycles. The van der Waals surface area contributed by atoms with Crippen molar-refractivity contribution in [3.63, 3.8) is 0 Å². The Balaban J connectivity index is 2.57. The lowest BCUT2D eigenvalue weighted by Crippen LogP contribution is -2.63. The number of ketones is 1. The summed E-state index contributed by atoms with van der Waals surface area (Å²) in [4.78, 5) is 11.0. The Hall–Kier alpha value is -1.96. The average molecular weight is 364 g/mol. The minimum Gasteiger partial charge on any atom is -0.496 e. The van der Waals surface area contributed by atoms with E-state index in [2.05, 4.69) is 0 Å². The number of methoxy groups -OCH3 is 1. The molecule has 1 aliphatic carbocycles. The SMILES string of the molecule is COc1ccccc1C(=O)C1=CC(N)(S(=O)(=O)C(C)(C)C)C(N)C=C1. The lowest BCUT2D eigenvalue weighted by Gasteiger charge is -2.38. The van der Waals surface area contributed by atoms with Gasteiger partial charge in [-0.3, -0.25) is 4.79 Å². The highest BCUT2D eigenvalue weighted by molar-refractivity contribution is 7.94. The van der Waals surface area contributed by atoms with Gasteiger partial charge in [0.2, 0.25) is 0 Å². The highest BCUT2D eigenvalue weighted by Gasteiger charge is 2.50. The Morgan fingerprint density at radius 1 is 1.24 bits per heavy atom. The second kappa shape index (κ2) is 6.40. The fourth-order valence-electron chi connectivity index (χ4n) is 2.66. The lowest BCUT2D eigenvalue weighted by molar-refractivity contribution is 0.103. The van der Waals surface area contributed by atoms with Gasteiger partial charge in [-0.2, -0.15) is 0 Å². The van der Waals surface area contributed by atoms with Crippen LogP contribution in [0.15, 0.2) is 48.1 Å². The zero-order valence-corrected chi connectivity index (χ0v) is 15.6. The molecule has 0 heterocycles. The molecule has 136 valence electrons. The van der Waals surface area contributed by atoms with Crippen LogP contribution in [0.2, 0.25) is 0 Å².